The van der Waals surface area contributed by atoms with Gasteiger partial charge < -0.3 is 9.84 Å². The summed E-state index contributed by atoms with van der Waals surface area (Å²) in [5, 5.41) is 12.0. The Hall–Kier alpha value is -1.39. The van der Waals surface area contributed by atoms with E-state index >= 15 is 0 Å². The van der Waals surface area contributed by atoms with E-state index in [1.54, 1.807) is 11.3 Å². The van der Waals surface area contributed by atoms with Crippen molar-refractivity contribution in [2.75, 3.05) is 13.2 Å². The quantitative estimate of drug-likeness (QED) is 0.930. The zero-order valence-electron chi connectivity index (χ0n) is 11.5. The number of para-hydroxylation sites is 1. The molecule has 0 saturated heterocycles. The lowest BCUT2D eigenvalue weighted by Crippen LogP contribution is -2.10. The average molecular weight is 277 g/mol. The second kappa shape index (κ2) is 5.72. The first-order valence-electron chi connectivity index (χ1n) is 6.31. The van der Waals surface area contributed by atoms with Crippen molar-refractivity contribution in [3.05, 3.63) is 34.7 Å². The molecule has 2 aromatic rings. The molecular weight excluding hydrogens is 258 g/mol. The first kappa shape index (κ1) is 14.0. The van der Waals surface area contributed by atoms with Crippen molar-refractivity contribution in [2.24, 2.45) is 0 Å². The summed E-state index contributed by atoms with van der Waals surface area (Å²) in [7, 11) is 0. The van der Waals surface area contributed by atoms with E-state index in [-0.39, 0.29) is 12.0 Å². The van der Waals surface area contributed by atoms with Crippen molar-refractivity contribution in [1.29, 1.82) is 0 Å². The van der Waals surface area contributed by atoms with E-state index in [0.29, 0.717) is 6.61 Å². The van der Waals surface area contributed by atoms with Crippen molar-refractivity contribution in [2.45, 2.75) is 26.2 Å². The number of aliphatic hydroxyl groups is 1. The number of aliphatic hydroxyl groups excluding tert-OH is 1. The summed E-state index contributed by atoms with van der Waals surface area (Å²) in [5.41, 5.74) is 1.97. The van der Waals surface area contributed by atoms with Crippen LogP contribution in [0.15, 0.2) is 29.6 Å². The Morgan fingerprint density at radius 2 is 2.00 bits per heavy atom. The van der Waals surface area contributed by atoms with Crippen molar-refractivity contribution < 1.29 is 9.84 Å². The highest BCUT2D eigenvalue weighted by molar-refractivity contribution is 7.10. The Bertz CT molecular complexity index is 543. The fourth-order valence-electron chi connectivity index (χ4n) is 1.70. The van der Waals surface area contributed by atoms with Gasteiger partial charge in [0.1, 0.15) is 12.4 Å². The molecule has 1 heterocycles. The molecule has 0 saturated carbocycles. The van der Waals surface area contributed by atoms with Crippen LogP contribution in [0.1, 0.15) is 25.8 Å². The molecule has 0 spiro atoms. The van der Waals surface area contributed by atoms with Crippen molar-refractivity contribution in [3.8, 4) is 17.0 Å². The minimum Gasteiger partial charge on any atom is -0.490 e. The summed E-state index contributed by atoms with van der Waals surface area (Å²) in [6.07, 6.45) is 0. The summed E-state index contributed by atoms with van der Waals surface area (Å²) < 4.78 is 5.55. The fourth-order valence-corrected chi connectivity index (χ4v) is 2.61. The van der Waals surface area contributed by atoms with Gasteiger partial charge in [0, 0.05) is 16.4 Å². The number of benzene rings is 1. The van der Waals surface area contributed by atoms with Gasteiger partial charge in [-0.05, 0) is 12.1 Å². The van der Waals surface area contributed by atoms with E-state index in [4.69, 9.17) is 14.8 Å². The normalized spacial score (nSPS) is 11.6. The molecule has 0 aliphatic carbocycles. The number of hydrogen-bond donors (Lipinski definition) is 1. The Labute approximate surface area is 117 Å². The van der Waals surface area contributed by atoms with Crippen LogP contribution in [0, 0.1) is 0 Å². The molecule has 0 radical (unpaired) electrons. The molecule has 0 amide bonds. The minimum atomic E-state index is 0.0125. The van der Waals surface area contributed by atoms with Gasteiger partial charge in [-0.3, -0.25) is 0 Å². The van der Waals surface area contributed by atoms with Gasteiger partial charge in [0.25, 0.3) is 0 Å². The van der Waals surface area contributed by atoms with E-state index in [1.165, 1.54) is 0 Å². The van der Waals surface area contributed by atoms with Crippen LogP contribution in [0.25, 0.3) is 11.3 Å². The van der Waals surface area contributed by atoms with E-state index in [0.717, 1.165) is 22.0 Å². The molecule has 0 bridgehead atoms. The van der Waals surface area contributed by atoms with E-state index in [9.17, 15) is 0 Å². The Kier molecular flexibility index (Phi) is 4.22. The average Bonchev–Trinajstić information content (AvgIpc) is 2.86. The molecule has 19 heavy (non-hydrogen) atoms. The SMILES string of the molecule is CC(C)(C)c1nc(-c2ccccc2OCCO)cs1. The van der Waals surface area contributed by atoms with E-state index in [1.807, 2.05) is 24.3 Å². The van der Waals surface area contributed by atoms with Gasteiger partial charge >= 0.3 is 0 Å². The molecule has 1 aromatic heterocycles. The molecule has 0 aliphatic heterocycles. The largest absolute Gasteiger partial charge is 0.490 e. The third-order valence-electron chi connectivity index (χ3n) is 2.66. The second-order valence-corrected chi connectivity index (χ2v) is 6.21. The zero-order valence-corrected chi connectivity index (χ0v) is 12.3. The van der Waals surface area contributed by atoms with Crippen molar-refractivity contribution in [3.63, 3.8) is 0 Å². The van der Waals surface area contributed by atoms with Crippen LogP contribution >= 0.6 is 11.3 Å². The van der Waals surface area contributed by atoms with Crippen LogP contribution in [0.3, 0.4) is 0 Å². The maximum absolute atomic E-state index is 8.86. The lowest BCUT2D eigenvalue weighted by Gasteiger charge is -2.14. The highest BCUT2D eigenvalue weighted by atomic mass is 32.1. The van der Waals surface area contributed by atoms with Crippen LogP contribution < -0.4 is 4.74 Å². The minimum absolute atomic E-state index is 0.0125. The second-order valence-electron chi connectivity index (χ2n) is 5.36. The van der Waals surface area contributed by atoms with Crippen molar-refractivity contribution >= 4 is 11.3 Å². The molecule has 3 nitrogen and oxygen atoms in total. The van der Waals surface area contributed by atoms with Gasteiger partial charge in [-0.2, -0.15) is 0 Å². The Balaban J connectivity index is 2.33. The van der Waals surface area contributed by atoms with Gasteiger partial charge in [0.2, 0.25) is 0 Å². The number of rotatable bonds is 4. The standard InChI is InChI=1S/C15H19NO2S/c1-15(2,3)14-16-12(10-19-14)11-6-4-5-7-13(11)18-9-8-17/h4-7,10,17H,8-9H2,1-3H3. The Morgan fingerprint density at radius 3 is 2.63 bits per heavy atom. The highest BCUT2D eigenvalue weighted by Crippen LogP contribution is 2.34. The molecule has 0 unspecified atom stereocenters. The van der Waals surface area contributed by atoms with Crippen LogP contribution in [-0.2, 0) is 5.41 Å². The number of aromatic nitrogens is 1. The molecule has 2 rings (SSSR count). The van der Waals surface area contributed by atoms with Crippen LogP contribution in [0.4, 0.5) is 0 Å². The first-order chi connectivity index (χ1) is 9.02. The summed E-state index contributed by atoms with van der Waals surface area (Å²) in [5.74, 6) is 0.766. The van der Waals surface area contributed by atoms with Gasteiger partial charge in [0.05, 0.1) is 17.3 Å². The summed E-state index contributed by atoms with van der Waals surface area (Å²) >= 11 is 1.67. The van der Waals surface area contributed by atoms with Gasteiger partial charge in [-0.1, -0.05) is 32.9 Å². The van der Waals surface area contributed by atoms with Gasteiger partial charge in [0.15, 0.2) is 0 Å². The summed E-state index contributed by atoms with van der Waals surface area (Å²) in [6, 6.07) is 7.79. The highest BCUT2D eigenvalue weighted by Gasteiger charge is 2.19. The molecule has 0 aliphatic rings. The molecule has 1 N–H and O–H groups in total. The summed E-state index contributed by atoms with van der Waals surface area (Å²) in [4.78, 5) is 4.70. The molecule has 1 aromatic carbocycles. The number of ether oxygens (including phenoxy) is 1. The number of hydrogen-bond acceptors (Lipinski definition) is 4. The molecule has 4 heteroatoms. The predicted octanol–water partition coefficient (Wildman–Crippen LogP) is 3.48. The fraction of sp³-hybridized carbons (Fsp3) is 0.400. The van der Waals surface area contributed by atoms with Gasteiger partial charge in [-0.15, -0.1) is 11.3 Å². The lowest BCUT2D eigenvalue weighted by atomic mass is 9.98. The number of nitrogens with zero attached hydrogens (tertiary/aromatic N) is 1. The number of thiazole rings is 1. The summed E-state index contributed by atoms with van der Waals surface area (Å²) in [6.45, 7) is 6.78. The van der Waals surface area contributed by atoms with Crippen LogP contribution in [0.5, 0.6) is 5.75 Å². The van der Waals surface area contributed by atoms with E-state index in [2.05, 4.69) is 26.2 Å². The molecular formula is C15H19NO2S. The van der Waals surface area contributed by atoms with E-state index < -0.39 is 0 Å². The van der Waals surface area contributed by atoms with Gasteiger partial charge in [-0.25, -0.2) is 4.98 Å². The maximum atomic E-state index is 8.86. The monoisotopic (exact) mass is 277 g/mol. The lowest BCUT2D eigenvalue weighted by molar-refractivity contribution is 0.202. The topological polar surface area (TPSA) is 42.4 Å². The van der Waals surface area contributed by atoms with Crippen LogP contribution in [-0.4, -0.2) is 23.3 Å². The zero-order chi connectivity index (χ0) is 13.9. The third-order valence-corrected chi connectivity index (χ3v) is 3.93. The molecule has 0 atom stereocenters. The van der Waals surface area contributed by atoms with Crippen molar-refractivity contribution in [1.82, 2.24) is 4.98 Å². The first-order valence-corrected chi connectivity index (χ1v) is 7.19. The maximum Gasteiger partial charge on any atom is 0.128 e. The molecule has 102 valence electrons. The smallest absolute Gasteiger partial charge is 0.128 e. The third kappa shape index (κ3) is 3.33. The van der Waals surface area contributed by atoms with Crippen LogP contribution in [0.2, 0.25) is 0 Å². The predicted molar refractivity (Wildman–Crippen MR) is 78.8 cm³/mol. The Morgan fingerprint density at radius 1 is 1.26 bits per heavy atom. The molecule has 0 fully saturated rings.